The fourth-order valence-electron chi connectivity index (χ4n) is 9.28. The van der Waals surface area contributed by atoms with E-state index in [4.69, 9.17) is 15.0 Å². The molecule has 294 valence electrons. The molecular formula is C56H39N5S. The van der Waals surface area contributed by atoms with E-state index in [9.17, 15) is 0 Å². The first kappa shape index (κ1) is 36.3. The number of anilines is 3. The summed E-state index contributed by atoms with van der Waals surface area (Å²) in [5.74, 6) is 2.24. The summed E-state index contributed by atoms with van der Waals surface area (Å²) in [6.07, 6.45) is 5.50. The van der Waals surface area contributed by atoms with Gasteiger partial charge in [-0.05, 0) is 88.8 Å². The predicted octanol–water partition coefficient (Wildman–Crippen LogP) is 15.0. The fraction of sp³-hybridized carbons (Fsp3) is 0.0536. The molecule has 1 atom stereocenters. The van der Waals surface area contributed by atoms with E-state index in [-0.39, 0.29) is 5.92 Å². The molecule has 3 heterocycles. The molecule has 10 aromatic rings. The topological polar surface area (TPSA) is 46.8 Å². The fourth-order valence-corrected chi connectivity index (χ4v) is 10.4. The molecule has 2 aromatic heterocycles. The summed E-state index contributed by atoms with van der Waals surface area (Å²) in [5, 5.41) is 4.99. The van der Waals surface area contributed by atoms with Crippen LogP contribution < -0.4 is 4.90 Å². The summed E-state index contributed by atoms with van der Waals surface area (Å²) in [6, 6.07) is 67.1. The van der Waals surface area contributed by atoms with Crippen molar-refractivity contribution in [3.63, 3.8) is 0 Å². The molecule has 5 nitrogen and oxygen atoms in total. The standard InChI is InChI=1S/C56H39N5S/c1-36-31-42(56-58-54(38-16-5-2-6-17-38)57-55(59-56)39-18-7-3-8-19-39)33-44(32-36)61-49-30-26-37-15-11-12-22-45(37)53(49)46-28-25-40(34-50(46)61)41-27-29-48-52(35-41)62-51-24-14-13-23-47(51)60(48)43-20-9-4-10-21-43/h2-31,33-36H,32H2,1H3. The summed E-state index contributed by atoms with van der Waals surface area (Å²) in [4.78, 5) is 20.1. The van der Waals surface area contributed by atoms with E-state index in [1.807, 2.05) is 48.2 Å². The van der Waals surface area contributed by atoms with Crippen molar-refractivity contribution in [1.29, 1.82) is 0 Å². The zero-order chi connectivity index (χ0) is 41.1. The van der Waals surface area contributed by atoms with E-state index in [1.165, 1.54) is 70.6 Å². The van der Waals surface area contributed by atoms with Gasteiger partial charge in [-0.15, -0.1) is 0 Å². The second kappa shape index (κ2) is 14.9. The third kappa shape index (κ3) is 6.22. The first-order valence-electron chi connectivity index (χ1n) is 21.2. The lowest BCUT2D eigenvalue weighted by Gasteiger charge is -2.33. The number of rotatable bonds is 6. The third-order valence-electron chi connectivity index (χ3n) is 12.1. The maximum atomic E-state index is 5.15. The van der Waals surface area contributed by atoms with Crippen molar-refractivity contribution in [3.8, 4) is 33.9 Å². The quantitative estimate of drug-likeness (QED) is 0.167. The summed E-state index contributed by atoms with van der Waals surface area (Å²) in [6.45, 7) is 2.29. The summed E-state index contributed by atoms with van der Waals surface area (Å²) in [7, 11) is 0. The lowest BCUT2D eigenvalue weighted by atomic mass is 9.94. The molecule has 12 rings (SSSR count). The van der Waals surface area contributed by atoms with Gasteiger partial charge in [0.2, 0.25) is 0 Å². The maximum absolute atomic E-state index is 5.15. The lowest BCUT2D eigenvalue weighted by Crippen LogP contribution is -2.14. The van der Waals surface area contributed by atoms with E-state index in [0.29, 0.717) is 17.5 Å². The zero-order valence-electron chi connectivity index (χ0n) is 34.0. The SMILES string of the molecule is CC1C=C(c2nc(-c3ccccc3)nc(-c3ccccc3)n2)C=C(n2c3cc(-c4ccc5c(c4)Sc4ccccc4N5c4ccccc4)ccc3c3c4ccccc4ccc32)C1. The minimum Gasteiger partial charge on any atom is -0.313 e. The van der Waals surface area contributed by atoms with Crippen LogP contribution in [0.15, 0.2) is 210 Å². The molecule has 1 aliphatic carbocycles. The molecule has 1 unspecified atom stereocenters. The second-order valence-corrected chi connectivity index (χ2v) is 17.2. The Hall–Kier alpha value is -7.54. The van der Waals surface area contributed by atoms with Crippen LogP contribution in [0.2, 0.25) is 0 Å². The van der Waals surface area contributed by atoms with Gasteiger partial charge in [0.25, 0.3) is 0 Å². The average molecular weight is 814 g/mol. The minimum atomic E-state index is 0.242. The molecule has 0 spiro atoms. The van der Waals surface area contributed by atoms with Crippen LogP contribution in [0, 0.1) is 5.92 Å². The highest BCUT2D eigenvalue weighted by molar-refractivity contribution is 7.99. The van der Waals surface area contributed by atoms with Crippen LogP contribution >= 0.6 is 11.8 Å². The second-order valence-electron chi connectivity index (χ2n) is 16.1. The van der Waals surface area contributed by atoms with Crippen LogP contribution in [0.5, 0.6) is 0 Å². The van der Waals surface area contributed by atoms with Gasteiger partial charge >= 0.3 is 0 Å². The number of allylic oxidation sites excluding steroid dienone is 4. The van der Waals surface area contributed by atoms with E-state index < -0.39 is 0 Å². The van der Waals surface area contributed by atoms with Gasteiger partial charge < -0.3 is 9.47 Å². The van der Waals surface area contributed by atoms with Crippen molar-refractivity contribution in [1.82, 2.24) is 19.5 Å². The van der Waals surface area contributed by atoms with Gasteiger partial charge in [-0.25, -0.2) is 15.0 Å². The number of fused-ring (bicyclic) bond motifs is 7. The zero-order valence-corrected chi connectivity index (χ0v) is 34.8. The van der Waals surface area contributed by atoms with Crippen molar-refractivity contribution in [2.75, 3.05) is 4.90 Å². The van der Waals surface area contributed by atoms with Crippen LogP contribution in [-0.2, 0) is 0 Å². The molecule has 6 heteroatoms. The highest BCUT2D eigenvalue weighted by Gasteiger charge is 2.26. The number of hydrogen-bond acceptors (Lipinski definition) is 5. The third-order valence-corrected chi connectivity index (χ3v) is 13.2. The molecule has 0 radical (unpaired) electrons. The monoisotopic (exact) mass is 813 g/mol. The molecule has 62 heavy (non-hydrogen) atoms. The van der Waals surface area contributed by atoms with Crippen molar-refractivity contribution < 1.29 is 0 Å². The Kier molecular flexibility index (Phi) is 8.71. The van der Waals surface area contributed by atoms with Gasteiger partial charge in [0.15, 0.2) is 17.5 Å². The largest absolute Gasteiger partial charge is 0.313 e. The first-order valence-corrected chi connectivity index (χ1v) is 22.0. The maximum Gasteiger partial charge on any atom is 0.164 e. The predicted molar refractivity (Wildman–Crippen MR) is 258 cm³/mol. The van der Waals surface area contributed by atoms with Crippen LogP contribution in [0.1, 0.15) is 19.2 Å². The Morgan fingerprint density at radius 1 is 0.500 bits per heavy atom. The highest BCUT2D eigenvalue weighted by Crippen LogP contribution is 2.52. The van der Waals surface area contributed by atoms with Crippen molar-refractivity contribution in [2.24, 2.45) is 5.92 Å². The van der Waals surface area contributed by atoms with Gasteiger partial charge in [-0.3, -0.25) is 0 Å². The Morgan fingerprint density at radius 3 is 1.90 bits per heavy atom. The van der Waals surface area contributed by atoms with Gasteiger partial charge in [0, 0.05) is 48.6 Å². The summed E-state index contributed by atoms with van der Waals surface area (Å²) in [5.41, 5.74) is 12.4. The Labute approximate surface area is 364 Å². The first-order chi connectivity index (χ1) is 30.6. The van der Waals surface area contributed by atoms with Gasteiger partial charge in [-0.1, -0.05) is 164 Å². The molecule has 2 aliphatic rings. The molecular weight excluding hydrogens is 775 g/mol. The lowest BCUT2D eigenvalue weighted by molar-refractivity contribution is 0.731. The molecule has 0 bridgehead atoms. The Bertz CT molecular complexity index is 3370. The number of hydrogen-bond donors (Lipinski definition) is 0. The molecule has 0 N–H and O–H groups in total. The van der Waals surface area contributed by atoms with E-state index >= 15 is 0 Å². The average Bonchev–Trinajstić information content (AvgIpc) is 3.68. The van der Waals surface area contributed by atoms with Crippen LogP contribution in [0.3, 0.4) is 0 Å². The molecule has 0 saturated carbocycles. The molecule has 0 saturated heterocycles. The van der Waals surface area contributed by atoms with Crippen LogP contribution in [0.4, 0.5) is 17.1 Å². The Morgan fingerprint density at radius 2 is 1.13 bits per heavy atom. The molecule has 8 aromatic carbocycles. The van der Waals surface area contributed by atoms with Crippen molar-refractivity contribution >= 4 is 72.7 Å². The van der Waals surface area contributed by atoms with Crippen LogP contribution in [-0.4, -0.2) is 19.5 Å². The highest BCUT2D eigenvalue weighted by atomic mass is 32.2. The minimum absolute atomic E-state index is 0.242. The summed E-state index contributed by atoms with van der Waals surface area (Å²) >= 11 is 1.84. The van der Waals surface area contributed by atoms with Crippen LogP contribution in [0.25, 0.3) is 77.8 Å². The van der Waals surface area contributed by atoms with E-state index in [1.54, 1.807) is 0 Å². The molecule has 0 amide bonds. The van der Waals surface area contributed by atoms with Gasteiger partial charge in [0.05, 0.1) is 22.4 Å². The van der Waals surface area contributed by atoms with Gasteiger partial charge in [0.1, 0.15) is 0 Å². The molecule has 0 fully saturated rings. The Balaban J connectivity index is 1.03. The number of benzene rings is 8. The molecule has 1 aliphatic heterocycles. The number of nitrogens with zero attached hydrogens (tertiary/aromatic N) is 5. The van der Waals surface area contributed by atoms with Crippen molar-refractivity contribution in [3.05, 3.63) is 206 Å². The van der Waals surface area contributed by atoms with Gasteiger partial charge in [-0.2, -0.15) is 0 Å². The summed E-state index contributed by atoms with van der Waals surface area (Å²) < 4.78 is 2.50. The smallest absolute Gasteiger partial charge is 0.164 e. The van der Waals surface area contributed by atoms with Crippen molar-refractivity contribution in [2.45, 2.75) is 23.1 Å². The number of aromatic nitrogens is 4. The van der Waals surface area contributed by atoms with E-state index in [2.05, 4.69) is 180 Å². The van der Waals surface area contributed by atoms with E-state index in [0.717, 1.165) is 28.8 Å². The number of para-hydroxylation sites is 2. The normalized spacial score (nSPS) is 14.7.